The molecule has 0 bridgehead atoms. The molecule has 0 saturated carbocycles. The van der Waals surface area contributed by atoms with Crippen LogP contribution in [0.5, 0.6) is 5.75 Å². The van der Waals surface area contributed by atoms with Crippen molar-refractivity contribution in [2.45, 2.75) is 30.8 Å². The number of ether oxygens (including phenoxy) is 1. The highest BCUT2D eigenvalue weighted by atomic mass is 32.2. The van der Waals surface area contributed by atoms with Gasteiger partial charge in [0.25, 0.3) is 5.91 Å². The molecule has 0 aliphatic carbocycles. The van der Waals surface area contributed by atoms with Gasteiger partial charge >= 0.3 is 0 Å². The first kappa shape index (κ1) is 23.6. The van der Waals surface area contributed by atoms with Crippen LogP contribution in [0.1, 0.15) is 45.7 Å². The molecule has 1 aliphatic heterocycles. The standard InChI is InChI=1S/C27H27N3O3S/c1-27(2)16-18-10-11-20(33-3)14-22(18)23(30-27)15-24(31)17-7-5-8-19(13-17)29-25(32)21-9-6-12-28-26(21)34-4/h5-15,30H,16H2,1-4H3,(H,29,32)/b23-15-. The lowest BCUT2D eigenvalue weighted by Crippen LogP contribution is -2.43. The number of pyridine rings is 1. The highest BCUT2D eigenvalue weighted by Gasteiger charge is 2.28. The monoisotopic (exact) mass is 473 g/mol. The van der Waals surface area contributed by atoms with Crippen molar-refractivity contribution in [1.29, 1.82) is 0 Å². The van der Waals surface area contributed by atoms with E-state index in [2.05, 4.69) is 29.5 Å². The molecule has 2 heterocycles. The number of allylic oxidation sites excluding steroid dienone is 1. The number of rotatable bonds is 6. The number of hydrogen-bond acceptors (Lipinski definition) is 6. The molecule has 1 aromatic heterocycles. The number of nitrogens with zero attached hydrogens (tertiary/aromatic N) is 1. The van der Waals surface area contributed by atoms with Gasteiger partial charge in [0.15, 0.2) is 5.78 Å². The average Bonchev–Trinajstić information content (AvgIpc) is 2.83. The Morgan fingerprint density at radius 1 is 1.15 bits per heavy atom. The number of carbonyl (C=O) groups excluding carboxylic acids is 2. The molecule has 2 N–H and O–H groups in total. The molecular weight excluding hydrogens is 446 g/mol. The van der Waals surface area contributed by atoms with Crippen LogP contribution in [-0.4, -0.2) is 35.6 Å². The average molecular weight is 474 g/mol. The van der Waals surface area contributed by atoms with Gasteiger partial charge in [-0.3, -0.25) is 9.59 Å². The maximum Gasteiger partial charge on any atom is 0.258 e. The SMILES string of the molecule is COc1ccc2c(c1)/C(=C/C(=O)c1cccc(NC(=O)c3cccnc3SC)c1)NC(C)(C)C2. The first-order valence-corrected chi connectivity index (χ1v) is 12.1. The fourth-order valence-electron chi connectivity index (χ4n) is 4.04. The zero-order valence-electron chi connectivity index (χ0n) is 19.6. The molecule has 0 saturated heterocycles. The van der Waals surface area contributed by atoms with Crippen molar-refractivity contribution in [2.75, 3.05) is 18.7 Å². The number of nitrogens with one attached hydrogen (secondary N) is 2. The third kappa shape index (κ3) is 5.15. The predicted octanol–water partition coefficient (Wildman–Crippen LogP) is 5.21. The summed E-state index contributed by atoms with van der Waals surface area (Å²) in [6.07, 6.45) is 5.99. The van der Waals surface area contributed by atoms with Crippen LogP contribution in [0.15, 0.2) is 71.9 Å². The second-order valence-corrected chi connectivity index (χ2v) is 9.52. The summed E-state index contributed by atoms with van der Waals surface area (Å²) in [5.74, 6) is 0.316. The Bertz CT molecular complexity index is 1280. The van der Waals surface area contributed by atoms with E-state index in [0.717, 1.165) is 29.0 Å². The first-order chi connectivity index (χ1) is 16.3. The molecule has 1 aliphatic rings. The van der Waals surface area contributed by atoms with Gasteiger partial charge in [-0.05, 0) is 68.5 Å². The number of fused-ring (bicyclic) bond motifs is 1. The Balaban J connectivity index is 1.61. The van der Waals surface area contributed by atoms with Gasteiger partial charge in [0.1, 0.15) is 10.8 Å². The predicted molar refractivity (Wildman–Crippen MR) is 137 cm³/mol. The van der Waals surface area contributed by atoms with Crippen LogP contribution in [0, 0.1) is 0 Å². The molecule has 0 radical (unpaired) electrons. The van der Waals surface area contributed by atoms with Crippen molar-refractivity contribution in [2.24, 2.45) is 0 Å². The smallest absolute Gasteiger partial charge is 0.258 e. The molecule has 0 spiro atoms. The topological polar surface area (TPSA) is 80.3 Å². The van der Waals surface area contributed by atoms with Gasteiger partial charge in [0.05, 0.1) is 12.7 Å². The van der Waals surface area contributed by atoms with Gasteiger partial charge in [-0.15, -0.1) is 11.8 Å². The van der Waals surface area contributed by atoms with Crippen LogP contribution >= 0.6 is 11.8 Å². The summed E-state index contributed by atoms with van der Waals surface area (Å²) in [6.45, 7) is 4.21. The maximum atomic E-state index is 13.2. The molecule has 2 aromatic carbocycles. The van der Waals surface area contributed by atoms with Crippen molar-refractivity contribution in [1.82, 2.24) is 10.3 Å². The fourth-order valence-corrected chi connectivity index (χ4v) is 4.59. The number of anilines is 1. The van der Waals surface area contributed by atoms with Crippen molar-refractivity contribution >= 4 is 34.8 Å². The highest BCUT2D eigenvalue weighted by molar-refractivity contribution is 7.98. The fraction of sp³-hybridized carbons (Fsp3) is 0.222. The number of carbonyl (C=O) groups is 2. The molecule has 0 unspecified atom stereocenters. The lowest BCUT2D eigenvalue weighted by atomic mass is 9.85. The van der Waals surface area contributed by atoms with E-state index < -0.39 is 0 Å². The summed E-state index contributed by atoms with van der Waals surface area (Å²) in [5.41, 5.74) is 4.20. The van der Waals surface area contributed by atoms with Gasteiger partial charge in [-0.1, -0.05) is 18.2 Å². The summed E-state index contributed by atoms with van der Waals surface area (Å²) < 4.78 is 5.39. The van der Waals surface area contributed by atoms with E-state index >= 15 is 0 Å². The van der Waals surface area contributed by atoms with Crippen molar-refractivity contribution < 1.29 is 14.3 Å². The van der Waals surface area contributed by atoms with E-state index in [1.807, 2.05) is 24.5 Å². The molecule has 174 valence electrons. The number of benzene rings is 2. The Morgan fingerprint density at radius 3 is 2.74 bits per heavy atom. The Morgan fingerprint density at radius 2 is 1.97 bits per heavy atom. The minimum atomic E-state index is -0.267. The summed E-state index contributed by atoms with van der Waals surface area (Å²) in [4.78, 5) is 30.2. The van der Waals surface area contributed by atoms with Gasteiger partial charge in [0, 0.05) is 40.3 Å². The van der Waals surface area contributed by atoms with Gasteiger partial charge in [0.2, 0.25) is 0 Å². The van der Waals surface area contributed by atoms with Crippen molar-refractivity contribution in [3.63, 3.8) is 0 Å². The molecule has 0 fully saturated rings. The zero-order valence-corrected chi connectivity index (χ0v) is 20.5. The van der Waals surface area contributed by atoms with E-state index in [-0.39, 0.29) is 17.2 Å². The number of ketones is 1. The zero-order chi connectivity index (χ0) is 24.3. The first-order valence-electron chi connectivity index (χ1n) is 10.9. The van der Waals surface area contributed by atoms with E-state index in [1.165, 1.54) is 11.8 Å². The second-order valence-electron chi connectivity index (χ2n) is 8.73. The number of thioether (sulfide) groups is 1. The molecule has 0 atom stereocenters. The third-order valence-electron chi connectivity index (χ3n) is 5.60. The number of amides is 1. The van der Waals surface area contributed by atoms with E-state index in [1.54, 1.807) is 55.8 Å². The van der Waals surface area contributed by atoms with Crippen molar-refractivity contribution in [3.05, 3.63) is 89.1 Å². The normalized spacial score (nSPS) is 15.2. The molecule has 4 rings (SSSR count). The van der Waals surface area contributed by atoms with Gasteiger partial charge in [-0.25, -0.2) is 4.98 Å². The summed E-state index contributed by atoms with van der Waals surface area (Å²) in [6, 6.07) is 16.4. The Labute approximate surface area is 203 Å². The number of hydrogen-bond donors (Lipinski definition) is 2. The maximum absolute atomic E-state index is 13.2. The number of aromatic nitrogens is 1. The van der Waals surface area contributed by atoms with Crippen LogP contribution in [0.4, 0.5) is 5.69 Å². The van der Waals surface area contributed by atoms with Crippen molar-refractivity contribution in [3.8, 4) is 5.75 Å². The van der Waals surface area contributed by atoms with E-state index in [0.29, 0.717) is 21.8 Å². The van der Waals surface area contributed by atoms with E-state index in [4.69, 9.17) is 4.74 Å². The molecule has 34 heavy (non-hydrogen) atoms. The lowest BCUT2D eigenvalue weighted by molar-refractivity contribution is 0.101. The minimum absolute atomic E-state index is 0.156. The Hall–Kier alpha value is -3.58. The van der Waals surface area contributed by atoms with Gasteiger partial charge in [-0.2, -0.15) is 0 Å². The molecule has 1 amide bonds. The Kier molecular flexibility index (Phi) is 6.75. The summed E-state index contributed by atoms with van der Waals surface area (Å²) in [5, 5.41) is 7.02. The quantitative estimate of drug-likeness (QED) is 0.291. The highest BCUT2D eigenvalue weighted by Crippen LogP contribution is 2.32. The third-order valence-corrected chi connectivity index (χ3v) is 6.31. The van der Waals surface area contributed by atoms with Crippen LogP contribution < -0.4 is 15.4 Å². The summed E-state index contributed by atoms with van der Waals surface area (Å²) in [7, 11) is 1.63. The minimum Gasteiger partial charge on any atom is -0.497 e. The number of methoxy groups -OCH3 is 1. The molecular formula is C27H27N3O3S. The van der Waals surface area contributed by atoms with Crippen LogP contribution in [0.25, 0.3) is 5.70 Å². The van der Waals surface area contributed by atoms with E-state index in [9.17, 15) is 9.59 Å². The van der Waals surface area contributed by atoms with Crippen LogP contribution in [0.2, 0.25) is 0 Å². The van der Waals surface area contributed by atoms with Gasteiger partial charge < -0.3 is 15.4 Å². The van der Waals surface area contributed by atoms with Crippen LogP contribution in [0.3, 0.4) is 0 Å². The molecule has 6 nitrogen and oxygen atoms in total. The molecule has 7 heteroatoms. The largest absolute Gasteiger partial charge is 0.497 e. The summed E-state index contributed by atoms with van der Waals surface area (Å²) >= 11 is 1.41. The second kappa shape index (κ2) is 9.73. The molecule has 3 aromatic rings. The van der Waals surface area contributed by atoms with Crippen LogP contribution in [-0.2, 0) is 6.42 Å². The lowest BCUT2D eigenvalue weighted by Gasteiger charge is -2.35.